The van der Waals surface area contributed by atoms with Crippen molar-refractivity contribution in [1.82, 2.24) is 0 Å². The molecule has 0 saturated heterocycles. The van der Waals surface area contributed by atoms with E-state index in [0.29, 0.717) is 11.7 Å². The maximum Gasteiger partial charge on any atom is 0.313 e. The maximum atomic E-state index is 12.3. The van der Waals surface area contributed by atoms with Crippen LogP contribution in [0.1, 0.15) is 119 Å². The molecule has 3 atom stereocenters. The van der Waals surface area contributed by atoms with E-state index in [2.05, 4.69) is 48.5 Å². The Morgan fingerprint density at radius 3 is 2.00 bits per heavy atom. The Balaban J connectivity index is 0.000000726. The van der Waals surface area contributed by atoms with E-state index in [1.54, 1.807) is 12.1 Å². The second kappa shape index (κ2) is 14.6. The topological polar surface area (TPSA) is 55.8 Å². The lowest BCUT2D eigenvalue weighted by atomic mass is 9.90. The summed E-state index contributed by atoms with van der Waals surface area (Å²) in [5.74, 6) is 0.773. The first-order chi connectivity index (χ1) is 14.8. The van der Waals surface area contributed by atoms with Crippen LogP contribution in [0.15, 0.2) is 24.3 Å². The fourth-order valence-electron chi connectivity index (χ4n) is 2.90. The van der Waals surface area contributed by atoms with Crippen molar-refractivity contribution < 1.29 is 19.4 Å². The van der Waals surface area contributed by atoms with Crippen molar-refractivity contribution in [3.8, 4) is 5.75 Å². The van der Waals surface area contributed by atoms with Crippen LogP contribution in [0.2, 0.25) is 0 Å². The standard InChI is InChI=1S/C18H36O3.C10H14O/c1-9-11-12-14(3)20-15(13-17(4,5)6)21-16(19)18(7,8)10-2;1-3-8(2)9-4-6-10(11)7-5-9/h14-15H,9-13H2,1-8H3;4-8,11H,3H2,1-2H3. The van der Waals surface area contributed by atoms with E-state index >= 15 is 0 Å². The highest BCUT2D eigenvalue weighted by atomic mass is 16.7. The summed E-state index contributed by atoms with van der Waals surface area (Å²) in [6.45, 7) is 20.8. The predicted octanol–water partition coefficient (Wildman–Crippen LogP) is 8.23. The summed E-state index contributed by atoms with van der Waals surface area (Å²) >= 11 is 0. The van der Waals surface area contributed by atoms with Crippen LogP contribution in [0.5, 0.6) is 5.75 Å². The third-order valence-electron chi connectivity index (χ3n) is 5.88. The molecule has 0 aliphatic heterocycles. The van der Waals surface area contributed by atoms with Gasteiger partial charge in [-0.3, -0.25) is 4.79 Å². The SMILES string of the molecule is CCC(C)c1ccc(O)cc1.CCCCC(C)OC(CC(C)(C)C)OC(=O)C(C)(C)CC. The van der Waals surface area contributed by atoms with Gasteiger partial charge in [0.15, 0.2) is 0 Å². The molecule has 0 spiro atoms. The molecule has 0 saturated carbocycles. The van der Waals surface area contributed by atoms with Crippen LogP contribution in [0, 0.1) is 10.8 Å². The lowest BCUT2D eigenvalue weighted by Gasteiger charge is -2.31. The summed E-state index contributed by atoms with van der Waals surface area (Å²) in [6, 6.07) is 7.43. The first-order valence-corrected chi connectivity index (χ1v) is 12.4. The molecular weight excluding hydrogens is 400 g/mol. The zero-order chi connectivity index (χ0) is 24.9. The summed E-state index contributed by atoms with van der Waals surface area (Å²) in [4.78, 5) is 12.3. The van der Waals surface area contributed by atoms with Crippen LogP contribution in [-0.4, -0.2) is 23.5 Å². The predicted molar refractivity (Wildman–Crippen MR) is 135 cm³/mol. The van der Waals surface area contributed by atoms with Crippen molar-refractivity contribution in [3.05, 3.63) is 29.8 Å². The Morgan fingerprint density at radius 1 is 1.00 bits per heavy atom. The summed E-state index contributed by atoms with van der Waals surface area (Å²) in [5.41, 5.74) is 0.906. The van der Waals surface area contributed by atoms with E-state index in [1.807, 2.05) is 32.9 Å². The number of hydrogen-bond donors (Lipinski definition) is 1. The van der Waals surface area contributed by atoms with Crippen molar-refractivity contribution in [2.75, 3.05) is 0 Å². The van der Waals surface area contributed by atoms with E-state index in [-0.39, 0.29) is 17.5 Å². The van der Waals surface area contributed by atoms with Crippen LogP contribution < -0.4 is 0 Å². The van der Waals surface area contributed by atoms with E-state index in [0.717, 1.165) is 38.5 Å². The summed E-state index contributed by atoms with van der Waals surface area (Å²) < 4.78 is 11.7. The number of unbranched alkanes of at least 4 members (excludes halogenated alkanes) is 1. The molecular formula is C28H50O4. The van der Waals surface area contributed by atoms with Crippen molar-refractivity contribution in [1.29, 1.82) is 0 Å². The molecule has 0 aliphatic rings. The molecule has 0 bridgehead atoms. The van der Waals surface area contributed by atoms with Gasteiger partial charge in [0.05, 0.1) is 11.5 Å². The maximum absolute atomic E-state index is 12.3. The summed E-state index contributed by atoms with van der Waals surface area (Å²) in [6.07, 6.45) is 5.59. The molecule has 0 heterocycles. The third-order valence-corrected chi connectivity index (χ3v) is 5.88. The van der Waals surface area contributed by atoms with Crippen molar-refractivity contribution in [2.24, 2.45) is 10.8 Å². The second-order valence-corrected chi connectivity index (χ2v) is 10.8. The number of aromatic hydroxyl groups is 1. The van der Waals surface area contributed by atoms with Gasteiger partial charge in [-0.15, -0.1) is 0 Å². The number of phenolic OH excluding ortho intramolecular Hbond substituents is 1. The average molecular weight is 451 g/mol. The molecule has 1 aromatic carbocycles. The quantitative estimate of drug-likeness (QED) is 0.272. The van der Waals surface area contributed by atoms with Gasteiger partial charge >= 0.3 is 5.97 Å². The lowest BCUT2D eigenvalue weighted by Crippen LogP contribution is -2.35. The smallest absolute Gasteiger partial charge is 0.313 e. The zero-order valence-electron chi connectivity index (χ0n) is 22.5. The van der Waals surface area contributed by atoms with Gasteiger partial charge in [-0.1, -0.05) is 73.4 Å². The summed E-state index contributed by atoms with van der Waals surface area (Å²) in [7, 11) is 0. The van der Waals surface area contributed by atoms with Crippen molar-refractivity contribution in [2.45, 2.75) is 126 Å². The highest BCUT2D eigenvalue weighted by molar-refractivity contribution is 5.75. The van der Waals surface area contributed by atoms with E-state index in [1.165, 1.54) is 5.56 Å². The van der Waals surface area contributed by atoms with E-state index in [9.17, 15) is 4.79 Å². The second-order valence-electron chi connectivity index (χ2n) is 10.8. The first kappa shape index (κ1) is 30.4. The monoisotopic (exact) mass is 450 g/mol. The van der Waals surface area contributed by atoms with E-state index < -0.39 is 11.7 Å². The largest absolute Gasteiger partial charge is 0.508 e. The molecule has 0 aromatic heterocycles. The van der Waals surface area contributed by atoms with Crippen LogP contribution in [0.25, 0.3) is 0 Å². The molecule has 1 N–H and O–H groups in total. The minimum Gasteiger partial charge on any atom is -0.508 e. The highest BCUT2D eigenvalue weighted by Gasteiger charge is 2.32. The number of esters is 1. The van der Waals surface area contributed by atoms with Crippen LogP contribution in [0.3, 0.4) is 0 Å². The van der Waals surface area contributed by atoms with Gasteiger partial charge in [0.2, 0.25) is 6.29 Å². The number of carbonyl (C=O) groups is 1. The molecule has 4 nitrogen and oxygen atoms in total. The molecule has 4 heteroatoms. The Morgan fingerprint density at radius 2 is 1.56 bits per heavy atom. The molecule has 0 aliphatic carbocycles. The Labute approximate surface area is 198 Å². The van der Waals surface area contributed by atoms with E-state index in [4.69, 9.17) is 14.6 Å². The van der Waals surface area contributed by atoms with Crippen LogP contribution in [0.4, 0.5) is 0 Å². The Kier molecular flexibility index (Phi) is 13.9. The van der Waals surface area contributed by atoms with Crippen molar-refractivity contribution in [3.63, 3.8) is 0 Å². The minimum absolute atomic E-state index is 0.0613. The number of benzene rings is 1. The fourth-order valence-corrected chi connectivity index (χ4v) is 2.90. The van der Waals surface area contributed by atoms with Gasteiger partial charge in [0.1, 0.15) is 5.75 Å². The van der Waals surface area contributed by atoms with Gasteiger partial charge in [-0.2, -0.15) is 0 Å². The van der Waals surface area contributed by atoms with Gasteiger partial charge in [0.25, 0.3) is 0 Å². The number of carbonyl (C=O) groups excluding carboxylic acids is 1. The molecule has 3 unspecified atom stereocenters. The Bertz CT molecular complexity index is 628. The third kappa shape index (κ3) is 13.1. The van der Waals surface area contributed by atoms with Crippen molar-refractivity contribution >= 4 is 5.97 Å². The fraction of sp³-hybridized carbons (Fsp3) is 0.750. The highest BCUT2D eigenvalue weighted by Crippen LogP contribution is 2.28. The molecule has 32 heavy (non-hydrogen) atoms. The number of phenols is 1. The van der Waals surface area contributed by atoms with Gasteiger partial charge in [-0.25, -0.2) is 0 Å². The average Bonchev–Trinajstić information content (AvgIpc) is 2.71. The molecule has 0 fully saturated rings. The first-order valence-electron chi connectivity index (χ1n) is 12.4. The molecule has 0 amide bonds. The number of ether oxygens (including phenoxy) is 2. The van der Waals surface area contributed by atoms with Gasteiger partial charge in [0, 0.05) is 6.42 Å². The lowest BCUT2D eigenvalue weighted by molar-refractivity contribution is -0.204. The summed E-state index contributed by atoms with van der Waals surface area (Å²) in [5, 5.41) is 9.01. The van der Waals surface area contributed by atoms with Crippen LogP contribution >= 0.6 is 0 Å². The molecule has 1 aromatic rings. The normalized spacial score (nSPS) is 14.7. The number of rotatable bonds is 11. The van der Waals surface area contributed by atoms with Gasteiger partial charge < -0.3 is 14.6 Å². The minimum atomic E-state index is -0.452. The number of hydrogen-bond acceptors (Lipinski definition) is 4. The Hall–Kier alpha value is -1.55. The molecule has 186 valence electrons. The zero-order valence-corrected chi connectivity index (χ0v) is 22.5. The van der Waals surface area contributed by atoms with Gasteiger partial charge in [-0.05, 0) is 69.1 Å². The molecule has 0 radical (unpaired) electrons. The van der Waals surface area contributed by atoms with Crippen LogP contribution in [-0.2, 0) is 14.3 Å². The molecule has 1 rings (SSSR count).